The SMILES string of the molecule is Cc1ccc(CNC(C(=O)OCC2(F)CCN(C)CC2)c2ccccc2)s1. The van der Waals surface area contributed by atoms with Crippen LogP contribution in [0.4, 0.5) is 4.39 Å². The lowest BCUT2D eigenvalue weighted by Crippen LogP contribution is -2.44. The summed E-state index contributed by atoms with van der Waals surface area (Å²) in [5, 5.41) is 3.28. The average Bonchev–Trinajstić information content (AvgIpc) is 3.09. The van der Waals surface area contributed by atoms with Gasteiger partial charge in [0.15, 0.2) is 0 Å². The third kappa shape index (κ3) is 5.61. The van der Waals surface area contributed by atoms with Crippen molar-refractivity contribution in [2.75, 3.05) is 26.7 Å². The van der Waals surface area contributed by atoms with Crippen molar-refractivity contribution in [3.8, 4) is 0 Å². The normalized spacial score (nSPS) is 18.2. The van der Waals surface area contributed by atoms with Crippen LogP contribution in [0.15, 0.2) is 42.5 Å². The van der Waals surface area contributed by atoms with Gasteiger partial charge in [-0.05, 0) is 44.5 Å². The largest absolute Gasteiger partial charge is 0.461 e. The molecule has 146 valence electrons. The molecule has 1 fully saturated rings. The zero-order valence-electron chi connectivity index (χ0n) is 15.9. The Hall–Kier alpha value is -1.76. The van der Waals surface area contributed by atoms with Crippen molar-refractivity contribution >= 4 is 17.3 Å². The zero-order valence-corrected chi connectivity index (χ0v) is 16.7. The number of carbonyl (C=O) groups is 1. The number of carbonyl (C=O) groups excluding carboxylic acids is 1. The van der Waals surface area contributed by atoms with Gasteiger partial charge in [0.05, 0.1) is 0 Å². The Bertz CT molecular complexity index is 742. The van der Waals surface area contributed by atoms with Crippen LogP contribution in [0.25, 0.3) is 0 Å². The van der Waals surface area contributed by atoms with Crippen molar-refractivity contribution < 1.29 is 13.9 Å². The predicted octanol–water partition coefficient (Wildman–Crippen LogP) is 3.86. The number of thiophene rings is 1. The van der Waals surface area contributed by atoms with Crippen LogP contribution in [0, 0.1) is 6.92 Å². The second-order valence-electron chi connectivity index (χ2n) is 7.30. The molecule has 1 aromatic heterocycles. The zero-order chi connectivity index (χ0) is 19.3. The number of hydrogen-bond donors (Lipinski definition) is 1. The maximum absolute atomic E-state index is 14.9. The highest BCUT2D eigenvalue weighted by molar-refractivity contribution is 7.11. The van der Waals surface area contributed by atoms with Crippen LogP contribution in [0.3, 0.4) is 0 Å². The molecule has 1 aliphatic rings. The van der Waals surface area contributed by atoms with Crippen molar-refractivity contribution in [1.82, 2.24) is 10.2 Å². The van der Waals surface area contributed by atoms with E-state index in [2.05, 4.69) is 29.3 Å². The molecule has 3 rings (SSSR count). The maximum atomic E-state index is 14.9. The van der Waals surface area contributed by atoms with Gasteiger partial charge in [-0.25, -0.2) is 9.18 Å². The highest BCUT2D eigenvalue weighted by atomic mass is 32.1. The molecule has 1 atom stereocenters. The summed E-state index contributed by atoms with van der Waals surface area (Å²) in [7, 11) is 1.98. The third-order valence-electron chi connectivity index (χ3n) is 5.00. The van der Waals surface area contributed by atoms with Crippen LogP contribution in [-0.2, 0) is 16.1 Å². The minimum atomic E-state index is -1.42. The molecule has 1 saturated heterocycles. The van der Waals surface area contributed by atoms with Crippen LogP contribution in [-0.4, -0.2) is 43.3 Å². The summed E-state index contributed by atoms with van der Waals surface area (Å²) in [4.78, 5) is 17.2. The van der Waals surface area contributed by atoms with Gasteiger partial charge in [0.2, 0.25) is 0 Å². The Morgan fingerprint density at radius 3 is 2.59 bits per heavy atom. The lowest BCUT2D eigenvalue weighted by atomic mass is 9.94. The van der Waals surface area contributed by atoms with Gasteiger partial charge in [-0.1, -0.05) is 30.3 Å². The third-order valence-corrected chi connectivity index (χ3v) is 6.00. The second-order valence-corrected chi connectivity index (χ2v) is 8.67. The van der Waals surface area contributed by atoms with Crippen LogP contribution in [0.1, 0.15) is 34.2 Å². The lowest BCUT2D eigenvalue weighted by molar-refractivity contribution is -0.152. The number of nitrogens with zero attached hydrogens (tertiary/aromatic N) is 1. The molecule has 2 heterocycles. The standard InChI is InChI=1S/C21H27FN2O2S/c1-16-8-9-18(27-16)14-23-19(17-6-4-3-5-7-17)20(25)26-15-21(22)10-12-24(2)13-11-21/h3-9,19,23H,10-15H2,1-2H3. The fourth-order valence-electron chi connectivity index (χ4n) is 3.21. The van der Waals surface area contributed by atoms with E-state index in [0.29, 0.717) is 32.5 Å². The van der Waals surface area contributed by atoms with Crippen molar-refractivity contribution in [1.29, 1.82) is 0 Å². The van der Waals surface area contributed by atoms with E-state index in [1.807, 2.05) is 37.4 Å². The number of piperidine rings is 1. The number of aryl methyl sites for hydroxylation is 1. The molecule has 4 nitrogen and oxygen atoms in total. The van der Waals surface area contributed by atoms with Gasteiger partial charge in [-0.3, -0.25) is 5.32 Å². The highest BCUT2D eigenvalue weighted by Gasteiger charge is 2.36. The summed E-state index contributed by atoms with van der Waals surface area (Å²) in [5.74, 6) is -0.426. The summed E-state index contributed by atoms with van der Waals surface area (Å²) in [6.07, 6.45) is 0.795. The molecule has 2 aromatic rings. The fraction of sp³-hybridized carbons (Fsp3) is 0.476. The first-order valence-electron chi connectivity index (χ1n) is 9.33. The number of halogens is 1. The lowest BCUT2D eigenvalue weighted by Gasteiger charge is -2.34. The minimum absolute atomic E-state index is 0.178. The van der Waals surface area contributed by atoms with E-state index in [1.54, 1.807) is 11.3 Å². The van der Waals surface area contributed by atoms with Gasteiger partial charge in [0.25, 0.3) is 0 Å². The Morgan fingerprint density at radius 1 is 1.26 bits per heavy atom. The molecule has 1 unspecified atom stereocenters. The first kappa shape index (κ1) is 20.0. The van der Waals surface area contributed by atoms with Crippen molar-refractivity contribution in [2.45, 2.75) is 38.0 Å². The van der Waals surface area contributed by atoms with Crippen molar-refractivity contribution in [3.63, 3.8) is 0 Å². The number of alkyl halides is 1. The molecule has 1 N–H and O–H groups in total. The van der Waals surface area contributed by atoms with Gasteiger partial charge in [-0.2, -0.15) is 0 Å². The van der Waals surface area contributed by atoms with E-state index in [4.69, 9.17) is 4.74 Å². The molecule has 0 amide bonds. The van der Waals surface area contributed by atoms with Gasteiger partial charge in [0, 0.05) is 29.4 Å². The van der Waals surface area contributed by atoms with Gasteiger partial charge >= 0.3 is 5.97 Å². The summed E-state index contributed by atoms with van der Waals surface area (Å²) in [6.45, 7) is 3.82. The molecule has 1 aromatic carbocycles. The van der Waals surface area contributed by atoms with E-state index in [9.17, 15) is 9.18 Å². The quantitative estimate of drug-likeness (QED) is 0.729. The Morgan fingerprint density at radius 2 is 1.96 bits per heavy atom. The monoisotopic (exact) mass is 390 g/mol. The number of benzene rings is 1. The molecular formula is C21H27FN2O2S. The summed E-state index contributed by atoms with van der Waals surface area (Å²) < 4.78 is 20.3. The molecule has 0 spiro atoms. The van der Waals surface area contributed by atoms with Crippen LogP contribution in [0.5, 0.6) is 0 Å². The molecule has 0 bridgehead atoms. The van der Waals surface area contributed by atoms with Crippen molar-refractivity contribution in [2.24, 2.45) is 0 Å². The smallest absolute Gasteiger partial charge is 0.327 e. The van der Waals surface area contributed by atoms with E-state index in [-0.39, 0.29) is 6.61 Å². The number of hydrogen-bond acceptors (Lipinski definition) is 5. The van der Waals surface area contributed by atoms with Gasteiger partial charge < -0.3 is 9.64 Å². The summed E-state index contributed by atoms with van der Waals surface area (Å²) in [5.41, 5.74) is -0.596. The van der Waals surface area contributed by atoms with Crippen LogP contribution < -0.4 is 5.32 Å². The second kappa shape index (κ2) is 8.95. The van der Waals surface area contributed by atoms with Crippen LogP contribution in [0.2, 0.25) is 0 Å². The number of ether oxygens (including phenoxy) is 1. The Balaban J connectivity index is 1.63. The number of rotatable bonds is 7. The topological polar surface area (TPSA) is 41.6 Å². The van der Waals surface area contributed by atoms with Crippen LogP contribution >= 0.6 is 11.3 Å². The molecule has 0 saturated carbocycles. The number of nitrogens with one attached hydrogen (secondary N) is 1. The van der Waals surface area contributed by atoms with Crippen molar-refractivity contribution in [3.05, 3.63) is 57.8 Å². The summed E-state index contributed by atoms with van der Waals surface area (Å²) >= 11 is 1.69. The molecule has 0 radical (unpaired) electrons. The molecular weight excluding hydrogens is 363 g/mol. The Labute approximate surface area is 164 Å². The van der Waals surface area contributed by atoms with Gasteiger partial charge in [0.1, 0.15) is 18.3 Å². The minimum Gasteiger partial charge on any atom is -0.461 e. The van der Waals surface area contributed by atoms with E-state index < -0.39 is 17.7 Å². The molecule has 27 heavy (non-hydrogen) atoms. The highest BCUT2D eigenvalue weighted by Crippen LogP contribution is 2.27. The molecule has 6 heteroatoms. The first-order chi connectivity index (χ1) is 13.0. The maximum Gasteiger partial charge on any atom is 0.327 e. The van der Waals surface area contributed by atoms with E-state index >= 15 is 0 Å². The van der Waals surface area contributed by atoms with E-state index in [0.717, 1.165) is 10.4 Å². The average molecular weight is 391 g/mol. The van der Waals surface area contributed by atoms with E-state index in [1.165, 1.54) is 4.88 Å². The Kier molecular flexibility index (Phi) is 6.63. The molecule has 0 aliphatic carbocycles. The fourth-order valence-corrected chi connectivity index (χ4v) is 4.05. The predicted molar refractivity (Wildman–Crippen MR) is 107 cm³/mol. The number of esters is 1. The molecule has 1 aliphatic heterocycles. The number of likely N-dealkylation sites (tertiary alicyclic amines) is 1. The first-order valence-corrected chi connectivity index (χ1v) is 10.1. The summed E-state index contributed by atoms with van der Waals surface area (Å²) in [6, 6.07) is 13.0. The van der Waals surface area contributed by atoms with Gasteiger partial charge in [-0.15, -0.1) is 11.3 Å².